The van der Waals surface area contributed by atoms with Crippen molar-refractivity contribution >= 4 is 5.84 Å². The molecule has 1 unspecified atom stereocenters. The molecule has 0 N–H and O–H groups in total. The topological polar surface area (TPSA) is 37.1 Å². The fraction of sp³-hybridized carbons (Fsp3) is 0.857. The molecule has 0 aromatic carbocycles. The Morgan fingerprint density at radius 1 is 1.50 bits per heavy atom. The zero-order valence-corrected chi connectivity index (χ0v) is 6.70. The zero-order valence-electron chi connectivity index (χ0n) is 6.70. The molecule has 0 aromatic rings. The Morgan fingerprint density at radius 2 is 2.20 bits per heavy atom. The maximum atomic E-state index is 4.29. The first-order valence-electron chi connectivity index (χ1n) is 3.72. The van der Waals surface area contributed by atoms with Crippen molar-refractivity contribution in [3.05, 3.63) is 0 Å². The van der Waals surface area contributed by atoms with Crippen LogP contribution < -0.4 is 0 Å². The maximum absolute atomic E-state index is 4.29. The average molecular weight is 139 g/mol. The molecule has 0 radical (unpaired) electrons. The lowest BCUT2D eigenvalue weighted by Crippen LogP contribution is -2.02. The molecule has 1 aliphatic heterocycles. The normalized spacial score (nSPS) is 24.0. The van der Waals surface area contributed by atoms with Gasteiger partial charge in [-0.25, -0.2) is 4.99 Å². The predicted molar refractivity (Wildman–Crippen MR) is 41.2 cm³/mol. The number of rotatable bonds is 2. The van der Waals surface area contributed by atoms with Crippen LogP contribution in [0.2, 0.25) is 0 Å². The molecule has 3 heteroatoms. The van der Waals surface area contributed by atoms with Gasteiger partial charge in [-0.1, -0.05) is 20.8 Å². The quantitative estimate of drug-likeness (QED) is 0.562. The molecule has 1 heterocycles. The molecule has 0 spiro atoms. The Hall–Kier alpha value is -0.730. The Labute approximate surface area is 61.3 Å². The summed E-state index contributed by atoms with van der Waals surface area (Å²) in [6.07, 6.45) is 1.07. The molecule has 0 aliphatic carbocycles. The van der Waals surface area contributed by atoms with Gasteiger partial charge < -0.3 is 0 Å². The van der Waals surface area contributed by atoms with E-state index in [1.54, 1.807) is 0 Å². The maximum Gasteiger partial charge on any atom is 0.162 e. The van der Waals surface area contributed by atoms with Crippen LogP contribution in [-0.2, 0) is 0 Å². The van der Waals surface area contributed by atoms with Gasteiger partial charge in [0, 0.05) is 5.92 Å². The monoisotopic (exact) mass is 139 g/mol. The Bertz CT molecular complexity index is 170. The molecule has 0 saturated heterocycles. The highest BCUT2D eigenvalue weighted by atomic mass is 15.3. The smallest absolute Gasteiger partial charge is 0.162 e. The second-order valence-corrected chi connectivity index (χ2v) is 2.75. The van der Waals surface area contributed by atoms with Gasteiger partial charge >= 0.3 is 0 Å². The van der Waals surface area contributed by atoms with Gasteiger partial charge in [0.1, 0.15) is 0 Å². The van der Waals surface area contributed by atoms with Crippen LogP contribution in [0, 0.1) is 5.92 Å². The molecule has 0 fully saturated rings. The van der Waals surface area contributed by atoms with E-state index in [1.807, 2.05) is 0 Å². The van der Waals surface area contributed by atoms with Crippen LogP contribution in [0.15, 0.2) is 15.2 Å². The van der Waals surface area contributed by atoms with Crippen molar-refractivity contribution in [3.63, 3.8) is 0 Å². The summed E-state index contributed by atoms with van der Waals surface area (Å²) in [6, 6.07) is 0. The third kappa shape index (κ3) is 1.40. The molecule has 1 rings (SSSR count). The van der Waals surface area contributed by atoms with E-state index in [0.29, 0.717) is 5.92 Å². The van der Waals surface area contributed by atoms with Crippen molar-refractivity contribution in [3.8, 4) is 0 Å². The van der Waals surface area contributed by atoms with Gasteiger partial charge in [0.25, 0.3) is 0 Å². The number of amidine groups is 1. The Kier molecular flexibility index (Phi) is 2.14. The third-order valence-corrected chi connectivity index (χ3v) is 1.46. The molecule has 0 aromatic heterocycles. The lowest BCUT2D eigenvalue weighted by atomic mass is 10.2. The second-order valence-electron chi connectivity index (χ2n) is 2.75. The van der Waals surface area contributed by atoms with Crippen molar-refractivity contribution in [2.75, 3.05) is 0 Å². The number of azo groups is 1. The van der Waals surface area contributed by atoms with Gasteiger partial charge in [0.05, 0.1) is 0 Å². The number of hydrogen-bond acceptors (Lipinski definition) is 3. The highest BCUT2D eigenvalue weighted by Crippen LogP contribution is 2.13. The summed E-state index contributed by atoms with van der Waals surface area (Å²) in [6.45, 7) is 6.22. The zero-order chi connectivity index (χ0) is 7.56. The minimum Gasteiger partial charge on any atom is -0.240 e. The van der Waals surface area contributed by atoms with Gasteiger partial charge in [-0.3, -0.25) is 0 Å². The second kappa shape index (κ2) is 2.90. The largest absolute Gasteiger partial charge is 0.240 e. The van der Waals surface area contributed by atoms with Crippen molar-refractivity contribution in [1.29, 1.82) is 0 Å². The molecule has 0 amide bonds. The minimum atomic E-state index is 0.109. The average Bonchev–Trinajstić information content (AvgIpc) is 2.34. The lowest BCUT2D eigenvalue weighted by molar-refractivity contribution is 0.681. The van der Waals surface area contributed by atoms with Crippen LogP contribution in [0.4, 0.5) is 0 Å². The minimum absolute atomic E-state index is 0.109. The van der Waals surface area contributed by atoms with E-state index in [1.165, 1.54) is 0 Å². The van der Waals surface area contributed by atoms with E-state index in [2.05, 4.69) is 36.0 Å². The summed E-state index contributed by atoms with van der Waals surface area (Å²) in [4.78, 5) is 4.29. The van der Waals surface area contributed by atoms with E-state index in [0.717, 1.165) is 12.3 Å². The summed E-state index contributed by atoms with van der Waals surface area (Å²) >= 11 is 0. The van der Waals surface area contributed by atoms with Crippen molar-refractivity contribution in [2.24, 2.45) is 21.1 Å². The van der Waals surface area contributed by atoms with E-state index < -0.39 is 0 Å². The molecule has 1 aliphatic rings. The van der Waals surface area contributed by atoms with Crippen LogP contribution in [0.3, 0.4) is 0 Å². The fourth-order valence-corrected chi connectivity index (χ4v) is 0.768. The molecule has 56 valence electrons. The SMILES string of the molecule is CCC1N=NC(C(C)C)=N1. The Morgan fingerprint density at radius 3 is 2.50 bits per heavy atom. The van der Waals surface area contributed by atoms with Crippen molar-refractivity contribution < 1.29 is 0 Å². The van der Waals surface area contributed by atoms with Crippen LogP contribution in [0.1, 0.15) is 27.2 Å². The fourth-order valence-electron chi connectivity index (χ4n) is 0.768. The molecule has 0 saturated carbocycles. The standard InChI is InChI=1S/C7H13N3/c1-4-6-8-7(5(2)3)10-9-6/h5-6H,4H2,1-3H3. The van der Waals surface area contributed by atoms with Crippen LogP contribution in [0.25, 0.3) is 0 Å². The highest BCUT2D eigenvalue weighted by Gasteiger charge is 2.13. The van der Waals surface area contributed by atoms with E-state index in [-0.39, 0.29) is 6.17 Å². The van der Waals surface area contributed by atoms with E-state index in [4.69, 9.17) is 0 Å². The van der Waals surface area contributed by atoms with Gasteiger partial charge in [-0.15, -0.1) is 5.11 Å². The van der Waals surface area contributed by atoms with Crippen LogP contribution in [-0.4, -0.2) is 12.0 Å². The van der Waals surface area contributed by atoms with Crippen molar-refractivity contribution in [1.82, 2.24) is 0 Å². The van der Waals surface area contributed by atoms with Gasteiger partial charge in [-0.2, -0.15) is 5.11 Å². The Balaban J connectivity index is 2.59. The molecular weight excluding hydrogens is 126 g/mol. The van der Waals surface area contributed by atoms with Crippen LogP contribution >= 0.6 is 0 Å². The predicted octanol–water partition coefficient (Wildman–Crippen LogP) is 2.24. The third-order valence-electron chi connectivity index (χ3n) is 1.46. The molecule has 10 heavy (non-hydrogen) atoms. The first kappa shape index (κ1) is 7.38. The number of aliphatic imine (C=N–C) groups is 1. The summed E-state index contributed by atoms with van der Waals surface area (Å²) in [5.74, 6) is 1.31. The lowest BCUT2D eigenvalue weighted by Gasteiger charge is -1.97. The van der Waals surface area contributed by atoms with Gasteiger partial charge in [0.2, 0.25) is 0 Å². The summed E-state index contributed by atoms with van der Waals surface area (Å²) in [5, 5.41) is 7.94. The number of hydrogen-bond donors (Lipinski definition) is 0. The van der Waals surface area contributed by atoms with E-state index >= 15 is 0 Å². The highest BCUT2D eigenvalue weighted by molar-refractivity contribution is 5.85. The van der Waals surface area contributed by atoms with Crippen molar-refractivity contribution in [2.45, 2.75) is 33.4 Å². The number of nitrogens with zero attached hydrogens (tertiary/aromatic N) is 3. The van der Waals surface area contributed by atoms with Gasteiger partial charge in [0.15, 0.2) is 12.0 Å². The molecular formula is C7H13N3. The van der Waals surface area contributed by atoms with E-state index in [9.17, 15) is 0 Å². The first-order valence-corrected chi connectivity index (χ1v) is 3.72. The van der Waals surface area contributed by atoms with Crippen LogP contribution in [0.5, 0.6) is 0 Å². The molecule has 0 bridgehead atoms. The summed E-state index contributed by atoms with van der Waals surface area (Å²) in [5.41, 5.74) is 0. The van der Waals surface area contributed by atoms with Gasteiger partial charge in [-0.05, 0) is 6.42 Å². The summed E-state index contributed by atoms with van der Waals surface area (Å²) in [7, 11) is 0. The molecule has 3 nitrogen and oxygen atoms in total. The molecule has 1 atom stereocenters. The first-order chi connectivity index (χ1) is 4.74. The summed E-state index contributed by atoms with van der Waals surface area (Å²) < 4.78 is 0.